The highest BCUT2D eigenvalue weighted by atomic mass is 16.5. The number of methoxy groups -OCH3 is 1. The van der Waals surface area contributed by atoms with Crippen molar-refractivity contribution in [3.63, 3.8) is 0 Å². The summed E-state index contributed by atoms with van der Waals surface area (Å²) in [5.74, 6) is 0.970. The second-order valence-corrected chi connectivity index (χ2v) is 6.40. The lowest BCUT2D eigenvalue weighted by Gasteiger charge is -2.13. The topological polar surface area (TPSA) is 63.2 Å². The molecule has 1 aromatic heterocycles. The van der Waals surface area contributed by atoms with Crippen LogP contribution >= 0.6 is 0 Å². The van der Waals surface area contributed by atoms with Crippen LogP contribution in [0.5, 0.6) is 5.75 Å². The SMILES string of the molecule is COc1cccc(C(=O)Nc2ccc(NCCC3=CCCCC3)cn2)c1. The van der Waals surface area contributed by atoms with Gasteiger partial charge in [-0.15, -0.1) is 0 Å². The number of hydrogen-bond acceptors (Lipinski definition) is 4. The molecule has 5 heteroatoms. The number of allylic oxidation sites excluding steroid dienone is 1. The van der Waals surface area contributed by atoms with Gasteiger partial charge in [0, 0.05) is 12.1 Å². The first kappa shape index (κ1) is 18.0. The summed E-state index contributed by atoms with van der Waals surface area (Å²) in [4.78, 5) is 16.6. The number of carbonyl (C=O) groups is 1. The van der Waals surface area contributed by atoms with Crippen LogP contribution in [-0.4, -0.2) is 24.5 Å². The number of nitrogens with one attached hydrogen (secondary N) is 2. The van der Waals surface area contributed by atoms with E-state index in [9.17, 15) is 4.79 Å². The van der Waals surface area contributed by atoms with Crippen LogP contribution in [0, 0.1) is 0 Å². The molecule has 0 saturated carbocycles. The summed E-state index contributed by atoms with van der Waals surface area (Å²) in [7, 11) is 1.58. The number of rotatable bonds is 7. The van der Waals surface area contributed by atoms with E-state index in [1.165, 1.54) is 25.7 Å². The summed E-state index contributed by atoms with van der Waals surface area (Å²) in [5.41, 5.74) is 3.05. The minimum absolute atomic E-state index is 0.207. The first-order chi connectivity index (χ1) is 12.7. The standard InChI is InChI=1S/C21H25N3O2/c1-26-19-9-5-8-17(14-19)21(25)24-20-11-10-18(15-23-20)22-13-12-16-6-3-2-4-7-16/h5-6,8-11,14-15,22H,2-4,7,12-13H2,1H3,(H,23,24,25). The van der Waals surface area contributed by atoms with Gasteiger partial charge in [-0.3, -0.25) is 4.79 Å². The molecule has 5 nitrogen and oxygen atoms in total. The second-order valence-electron chi connectivity index (χ2n) is 6.40. The number of hydrogen-bond donors (Lipinski definition) is 2. The predicted molar refractivity (Wildman–Crippen MR) is 105 cm³/mol. The van der Waals surface area contributed by atoms with Crippen molar-refractivity contribution in [2.75, 3.05) is 24.3 Å². The highest BCUT2D eigenvalue weighted by Crippen LogP contribution is 2.20. The van der Waals surface area contributed by atoms with Gasteiger partial charge in [0.05, 0.1) is 19.0 Å². The highest BCUT2D eigenvalue weighted by molar-refractivity contribution is 6.04. The van der Waals surface area contributed by atoms with Gasteiger partial charge >= 0.3 is 0 Å². The molecule has 0 aliphatic heterocycles. The van der Waals surface area contributed by atoms with E-state index in [-0.39, 0.29) is 5.91 Å². The summed E-state index contributed by atoms with van der Waals surface area (Å²) in [5, 5.41) is 6.19. The zero-order valence-corrected chi connectivity index (χ0v) is 15.1. The number of pyridine rings is 1. The van der Waals surface area contributed by atoms with Gasteiger partial charge in [-0.25, -0.2) is 4.98 Å². The molecule has 0 fully saturated rings. The molecule has 136 valence electrons. The van der Waals surface area contributed by atoms with E-state index in [0.717, 1.165) is 18.7 Å². The second kappa shape index (κ2) is 9.04. The van der Waals surface area contributed by atoms with Crippen LogP contribution in [0.4, 0.5) is 11.5 Å². The molecule has 26 heavy (non-hydrogen) atoms. The molecule has 2 N–H and O–H groups in total. The number of carbonyl (C=O) groups excluding carboxylic acids is 1. The number of benzene rings is 1. The monoisotopic (exact) mass is 351 g/mol. The van der Waals surface area contributed by atoms with Crippen molar-refractivity contribution >= 4 is 17.4 Å². The van der Waals surface area contributed by atoms with Crippen molar-refractivity contribution in [2.45, 2.75) is 32.1 Å². The van der Waals surface area contributed by atoms with E-state index in [4.69, 9.17) is 4.74 Å². The molecule has 0 bridgehead atoms. The maximum absolute atomic E-state index is 12.3. The third-order valence-corrected chi connectivity index (χ3v) is 4.50. The van der Waals surface area contributed by atoms with Crippen molar-refractivity contribution in [2.24, 2.45) is 0 Å². The zero-order chi connectivity index (χ0) is 18.2. The number of ether oxygens (including phenoxy) is 1. The molecule has 1 aliphatic rings. The van der Waals surface area contributed by atoms with Gasteiger partial charge in [0.25, 0.3) is 5.91 Å². The van der Waals surface area contributed by atoms with Crippen LogP contribution in [0.2, 0.25) is 0 Å². The average Bonchev–Trinajstić information content (AvgIpc) is 2.70. The van der Waals surface area contributed by atoms with E-state index in [1.807, 2.05) is 6.07 Å². The largest absolute Gasteiger partial charge is 0.497 e. The van der Waals surface area contributed by atoms with Gasteiger partial charge in [-0.05, 0) is 62.4 Å². The van der Waals surface area contributed by atoms with Crippen molar-refractivity contribution in [1.29, 1.82) is 0 Å². The smallest absolute Gasteiger partial charge is 0.256 e. The van der Waals surface area contributed by atoms with Gasteiger partial charge in [0.15, 0.2) is 0 Å². The van der Waals surface area contributed by atoms with Crippen LogP contribution in [0.1, 0.15) is 42.5 Å². The minimum Gasteiger partial charge on any atom is -0.497 e. The summed E-state index contributed by atoms with van der Waals surface area (Å²) >= 11 is 0. The molecule has 1 heterocycles. The molecule has 1 amide bonds. The van der Waals surface area contributed by atoms with Crippen molar-refractivity contribution in [3.8, 4) is 5.75 Å². The van der Waals surface area contributed by atoms with Crippen LogP contribution < -0.4 is 15.4 Å². The lowest BCUT2D eigenvalue weighted by atomic mass is 9.97. The maximum Gasteiger partial charge on any atom is 0.256 e. The molecule has 2 aromatic rings. The Balaban J connectivity index is 1.50. The molecule has 0 unspecified atom stereocenters. The Morgan fingerprint density at radius 1 is 1.23 bits per heavy atom. The molecular weight excluding hydrogens is 326 g/mol. The first-order valence-electron chi connectivity index (χ1n) is 9.08. The lowest BCUT2D eigenvalue weighted by molar-refractivity contribution is 0.102. The Morgan fingerprint density at radius 3 is 2.88 bits per heavy atom. The number of anilines is 2. The van der Waals surface area contributed by atoms with Crippen LogP contribution in [0.25, 0.3) is 0 Å². The Morgan fingerprint density at radius 2 is 2.15 bits per heavy atom. The molecular formula is C21H25N3O2. The van der Waals surface area contributed by atoms with E-state index in [1.54, 1.807) is 49.2 Å². The van der Waals surface area contributed by atoms with Gasteiger partial charge in [-0.1, -0.05) is 17.7 Å². The molecule has 1 aliphatic carbocycles. The molecule has 1 aromatic carbocycles. The molecule has 0 radical (unpaired) electrons. The quantitative estimate of drug-likeness (QED) is 0.713. The molecule has 0 saturated heterocycles. The Bertz CT molecular complexity index is 769. The van der Waals surface area contributed by atoms with Crippen LogP contribution in [-0.2, 0) is 0 Å². The Labute approximate surface area is 154 Å². The third-order valence-electron chi connectivity index (χ3n) is 4.50. The van der Waals surface area contributed by atoms with Crippen LogP contribution in [0.3, 0.4) is 0 Å². The molecule has 0 spiro atoms. The van der Waals surface area contributed by atoms with E-state index in [0.29, 0.717) is 17.1 Å². The zero-order valence-electron chi connectivity index (χ0n) is 15.1. The van der Waals surface area contributed by atoms with E-state index >= 15 is 0 Å². The third kappa shape index (κ3) is 5.09. The fraction of sp³-hybridized carbons (Fsp3) is 0.333. The summed E-state index contributed by atoms with van der Waals surface area (Å²) in [6.45, 7) is 0.906. The summed E-state index contributed by atoms with van der Waals surface area (Å²) in [6, 6.07) is 10.8. The van der Waals surface area contributed by atoms with Gasteiger partial charge in [0.2, 0.25) is 0 Å². The van der Waals surface area contributed by atoms with E-state index < -0.39 is 0 Å². The highest BCUT2D eigenvalue weighted by Gasteiger charge is 2.08. The van der Waals surface area contributed by atoms with Gasteiger partial charge < -0.3 is 15.4 Å². The summed E-state index contributed by atoms with van der Waals surface area (Å²) < 4.78 is 5.14. The van der Waals surface area contributed by atoms with Crippen molar-refractivity contribution < 1.29 is 9.53 Å². The van der Waals surface area contributed by atoms with Gasteiger partial charge in [0.1, 0.15) is 11.6 Å². The van der Waals surface area contributed by atoms with Crippen LogP contribution in [0.15, 0.2) is 54.2 Å². The summed E-state index contributed by atoms with van der Waals surface area (Å²) in [6.07, 6.45) is 10.3. The Kier molecular flexibility index (Phi) is 6.25. The van der Waals surface area contributed by atoms with Crippen molar-refractivity contribution in [1.82, 2.24) is 4.98 Å². The number of amides is 1. The van der Waals surface area contributed by atoms with Crippen molar-refractivity contribution in [3.05, 3.63) is 59.8 Å². The average molecular weight is 351 g/mol. The fourth-order valence-electron chi connectivity index (χ4n) is 3.02. The maximum atomic E-state index is 12.3. The lowest BCUT2D eigenvalue weighted by Crippen LogP contribution is -2.13. The first-order valence-corrected chi connectivity index (χ1v) is 9.08. The predicted octanol–water partition coefficient (Wildman–Crippen LogP) is 4.64. The minimum atomic E-state index is -0.207. The molecule has 0 atom stereocenters. The molecule has 3 rings (SSSR count). The van der Waals surface area contributed by atoms with Gasteiger partial charge in [-0.2, -0.15) is 0 Å². The Hall–Kier alpha value is -2.82. The number of aromatic nitrogens is 1. The fourth-order valence-corrected chi connectivity index (χ4v) is 3.02. The number of nitrogens with zero attached hydrogens (tertiary/aromatic N) is 1. The van der Waals surface area contributed by atoms with E-state index in [2.05, 4.69) is 21.7 Å². The normalized spacial score (nSPS) is 13.7.